The molecule has 0 amide bonds. The molecule has 0 aromatic carbocycles. The lowest BCUT2D eigenvalue weighted by molar-refractivity contribution is 0.347. The summed E-state index contributed by atoms with van der Waals surface area (Å²) in [6.45, 7) is 7.40. The van der Waals surface area contributed by atoms with Gasteiger partial charge in [-0.25, -0.2) is 4.98 Å². The number of aryl methyl sites for hydroxylation is 1. The first kappa shape index (κ1) is 16.1. The first-order chi connectivity index (χ1) is 10.2. The fourth-order valence-corrected chi connectivity index (χ4v) is 3.02. The molecule has 116 valence electrons. The number of hydrogen-bond donors (Lipinski definition) is 1. The standard InChI is InChI=1S/C15H24N4OS/c1-4-6-12(16-7-5-2)8-14-18-13(19-20-14)9-15-17-11(3)10-21-15/h10,12,16H,4-9H2,1-3H3. The van der Waals surface area contributed by atoms with Gasteiger partial charge in [-0.05, 0) is 26.3 Å². The van der Waals surface area contributed by atoms with Crippen molar-refractivity contribution in [3.05, 3.63) is 27.8 Å². The highest BCUT2D eigenvalue weighted by atomic mass is 32.1. The van der Waals surface area contributed by atoms with Gasteiger partial charge in [0.1, 0.15) is 5.01 Å². The van der Waals surface area contributed by atoms with E-state index in [1.807, 2.05) is 12.3 Å². The second-order valence-electron chi connectivity index (χ2n) is 5.31. The molecule has 2 rings (SSSR count). The molecule has 0 aliphatic heterocycles. The summed E-state index contributed by atoms with van der Waals surface area (Å²) in [5.74, 6) is 1.45. The zero-order chi connectivity index (χ0) is 15.1. The molecule has 1 N–H and O–H groups in total. The summed E-state index contributed by atoms with van der Waals surface area (Å²) in [6.07, 6.45) is 4.88. The van der Waals surface area contributed by atoms with E-state index in [2.05, 4.69) is 34.3 Å². The highest BCUT2D eigenvalue weighted by molar-refractivity contribution is 7.09. The Morgan fingerprint density at radius 1 is 1.29 bits per heavy atom. The van der Waals surface area contributed by atoms with E-state index >= 15 is 0 Å². The van der Waals surface area contributed by atoms with Crippen molar-refractivity contribution in [3.63, 3.8) is 0 Å². The smallest absolute Gasteiger partial charge is 0.228 e. The Kier molecular flexibility index (Phi) is 6.32. The normalized spacial score (nSPS) is 12.7. The molecule has 6 heteroatoms. The maximum absolute atomic E-state index is 5.38. The van der Waals surface area contributed by atoms with Crippen LogP contribution in [0.3, 0.4) is 0 Å². The van der Waals surface area contributed by atoms with Crippen LogP contribution in [0.15, 0.2) is 9.90 Å². The van der Waals surface area contributed by atoms with Crippen LogP contribution >= 0.6 is 11.3 Å². The predicted molar refractivity (Wildman–Crippen MR) is 84.6 cm³/mol. The Morgan fingerprint density at radius 2 is 2.14 bits per heavy atom. The van der Waals surface area contributed by atoms with Gasteiger partial charge in [0.25, 0.3) is 0 Å². The van der Waals surface area contributed by atoms with Gasteiger partial charge >= 0.3 is 0 Å². The van der Waals surface area contributed by atoms with Crippen molar-refractivity contribution in [1.82, 2.24) is 20.4 Å². The highest BCUT2D eigenvalue weighted by Crippen LogP contribution is 2.13. The Morgan fingerprint density at radius 3 is 2.81 bits per heavy atom. The molecule has 5 nitrogen and oxygen atoms in total. The van der Waals surface area contributed by atoms with E-state index in [1.165, 1.54) is 0 Å². The van der Waals surface area contributed by atoms with Crippen molar-refractivity contribution in [2.75, 3.05) is 6.54 Å². The fourth-order valence-electron chi connectivity index (χ4n) is 2.25. The van der Waals surface area contributed by atoms with Crippen molar-refractivity contribution >= 4 is 11.3 Å². The second kappa shape index (κ2) is 8.24. The molecule has 2 heterocycles. The van der Waals surface area contributed by atoms with Crippen LogP contribution in [0.2, 0.25) is 0 Å². The van der Waals surface area contributed by atoms with Gasteiger partial charge < -0.3 is 9.84 Å². The van der Waals surface area contributed by atoms with Crippen LogP contribution in [0.1, 0.15) is 55.5 Å². The van der Waals surface area contributed by atoms with Crippen LogP contribution in [0.5, 0.6) is 0 Å². The summed E-state index contributed by atoms with van der Waals surface area (Å²) < 4.78 is 5.38. The summed E-state index contributed by atoms with van der Waals surface area (Å²) in [7, 11) is 0. The van der Waals surface area contributed by atoms with Crippen LogP contribution in [-0.2, 0) is 12.8 Å². The molecule has 0 aliphatic rings. The number of aromatic nitrogens is 3. The van der Waals surface area contributed by atoms with E-state index in [-0.39, 0.29) is 0 Å². The third-order valence-electron chi connectivity index (χ3n) is 3.23. The number of nitrogens with zero attached hydrogens (tertiary/aromatic N) is 3. The largest absolute Gasteiger partial charge is 0.339 e. The van der Waals surface area contributed by atoms with Crippen molar-refractivity contribution in [2.45, 2.75) is 58.9 Å². The molecule has 0 spiro atoms. The molecule has 0 radical (unpaired) electrons. The first-order valence-corrected chi connectivity index (χ1v) is 8.55. The summed E-state index contributed by atoms with van der Waals surface area (Å²) in [5.41, 5.74) is 1.05. The number of hydrogen-bond acceptors (Lipinski definition) is 6. The van der Waals surface area contributed by atoms with E-state index in [4.69, 9.17) is 4.52 Å². The lowest BCUT2D eigenvalue weighted by atomic mass is 10.1. The van der Waals surface area contributed by atoms with Gasteiger partial charge in [-0.2, -0.15) is 4.98 Å². The average molecular weight is 308 g/mol. The van der Waals surface area contributed by atoms with Crippen LogP contribution in [0.25, 0.3) is 0 Å². The van der Waals surface area contributed by atoms with Crippen LogP contribution in [-0.4, -0.2) is 27.7 Å². The molecule has 2 aromatic heterocycles. The Hall–Kier alpha value is -1.27. The number of thiazole rings is 1. The molecule has 21 heavy (non-hydrogen) atoms. The van der Waals surface area contributed by atoms with Gasteiger partial charge in [0.15, 0.2) is 5.82 Å². The minimum atomic E-state index is 0.422. The van der Waals surface area contributed by atoms with Crippen LogP contribution in [0, 0.1) is 6.92 Å². The third kappa shape index (κ3) is 5.21. The Bertz CT molecular complexity index is 537. The lowest BCUT2D eigenvalue weighted by Gasteiger charge is -2.15. The molecule has 0 saturated heterocycles. The average Bonchev–Trinajstić information content (AvgIpc) is 3.06. The van der Waals surface area contributed by atoms with E-state index < -0.39 is 0 Å². The second-order valence-corrected chi connectivity index (χ2v) is 6.25. The van der Waals surface area contributed by atoms with Gasteiger partial charge in [-0.1, -0.05) is 25.4 Å². The van der Waals surface area contributed by atoms with Gasteiger partial charge in [0.2, 0.25) is 5.89 Å². The van der Waals surface area contributed by atoms with Gasteiger partial charge in [0.05, 0.1) is 6.42 Å². The summed E-state index contributed by atoms with van der Waals surface area (Å²) in [5, 5.41) is 10.7. The van der Waals surface area contributed by atoms with Crippen LogP contribution < -0.4 is 5.32 Å². The zero-order valence-corrected chi connectivity index (χ0v) is 13.9. The Balaban J connectivity index is 1.91. The molecular weight excluding hydrogens is 284 g/mol. The van der Waals surface area contributed by atoms with E-state index in [0.717, 1.165) is 54.6 Å². The predicted octanol–water partition coefficient (Wildman–Crippen LogP) is 3.14. The Labute approximate surface area is 130 Å². The van der Waals surface area contributed by atoms with Crippen molar-refractivity contribution in [1.29, 1.82) is 0 Å². The molecule has 1 atom stereocenters. The van der Waals surface area contributed by atoms with E-state index in [0.29, 0.717) is 12.5 Å². The zero-order valence-electron chi connectivity index (χ0n) is 13.1. The molecular formula is C15H24N4OS. The summed E-state index contributed by atoms with van der Waals surface area (Å²) in [4.78, 5) is 8.92. The number of rotatable bonds is 9. The van der Waals surface area contributed by atoms with Crippen molar-refractivity contribution in [3.8, 4) is 0 Å². The summed E-state index contributed by atoms with van der Waals surface area (Å²) >= 11 is 1.64. The maximum Gasteiger partial charge on any atom is 0.228 e. The van der Waals surface area contributed by atoms with Gasteiger partial charge in [-0.15, -0.1) is 11.3 Å². The van der Waals surface area contributed by atoms with E-state index in [1.54, 1.807) is 11.3 Å². The maximum atomic E-state index is 5.38. The summed E-state index contributed by atoms with van der Waals surface area (Å²) in [6, 6.07) is 0.422. The monoisotopic (exact) mass is 308 g/mol. The minimum Gasteiger partial charge on any atom is -0.339 e. The molecule has 2 aromatic rings. The topological polar surface area (TPSA) is 63.8 Å². The van der Waals surface area contributed by atoms with Gasteiger partial charge in [0, 0.05) is 23.5 Å². The molecule has 0 bridgehead atoms. The quantitative estimate of drug-likeness (QED) is 0.771. The lowest BCUT2D eigenvalue weighted by Crippen LogP contribution is -2.31. The number of nitrogens with one attached hydrogen (secondary N) is 1. The van der Waals surface area contributed by atoms with Crippen LogP contribution in [0.4, 0.5) is 0 Å². The van der Waals surface area contributed by atoms with Crippen molar-refractivity contribution < 1.29 is 4.52 Å². The first-order valence-electron chi connectivity index (χ1n) is 7.67. The SMILES string of the molecule is CCCNC(CCC)Cc1nc(Cc2nc(C)cs2)no1. The highest BCUT2D eigenvalue weighted by Gasteiger charge is 2.14. The third-order valence-corrected chi connectivity index (χ3v) is 4.19. The fraction of sp³-hybridized carbons (Fsp3) is 0.667. The van der Waals surface area contributed by atoms with Gasteiger partial charge in [-0.3, -0.25) is 0 Å². The van der Waals surface area contributed by atoms with Crippen molar-refractivity contribution in [2.24, 2.45) is 0 Å². The molecule has 0 aliphatic carbocycles. The molecule has 0 fully saturated rings. The minimum absolute atomic E-state index is 0.422. The molecule has 1 unspecified atom stereocenters. The molecule has 0 saturated carbocycles. The van der Waals surface area contributed by atoms with E-state index in [9.17, 15) is 0 Å².